The number of halogens is 2. The number of benzene rings is 2. The third-order valence-corrected chi connectivity index (χ3v) is 5.74. The molecule has 1 atom stereocenters. The Labute approximate surface area is 178 Å². The van der Waals surface area contributed by atoms with E-state index in [0.29, 0.717) is 40.8 Å². The van der Waals surface area contributed by atoms with Crippen molar-refractivity contribution >= 4 is 23.4 Å². The lowest BCUT2D eigenvalue weighted by molar-refractivity contribution is 0.0646. The van der Waals surface area contributed by atoms with E-state index < -0.39 is 11.9 Å². The van der Waals surface area contributed by atoms with Gasteiger partial charge in [-0.2, -0.15) is 0 Å². The highest BCUT2D eigenvalue weighted by Crippen LogP contribution is 2.40. The normalized spacial score (nSPS) is 15.1. The van der Waals surface area contributed by atoms with Crippen molar-refractivity contribution < 1.29 is 14.0 Å². The van der Waals surface area contributed by atoms with Crippen molar-refractivity contribution in [3.63, 3.8) is 0 Å². The van der Waals surface area contributed by atoms with Gasteiger partial charge >= 0.3 is 0 Å². The minimum Gasteiger partial charge on any atom is -0.366 e. The zero-order chi connectivity index (χ0) is 21.4. The van der Waals surface area contributed by atoms with Gasteiger partial charge in [0.25, 0.3) is 5.91 Å². The molecule has 6 nitrogen and oxygen atoms in total. The smallest absolute Gasteiger partial charge is 0.272 e. The van der Waals surface area contributed by atoms with Crippen molar-refractivity contribution in [3.8, 4) is 0 Å². The molecule has 0 fully saturated rings. The minimum atomic E-state index is -0.570. The Balaban J connectivity index is 1.80. The molecular weight excluding hydrogens is 407 g/mol. The van der Waals surface area contributed by atoms with Gasteiger partial charge in [0.1, 0.15) is 11.5 Å². The predicted octanol–water partition coefficient (Wildman–Crippen LogP) is 3.64. The average molecular weight is 427 g/mol. The van der Waals surface area contributed by atoms with E-state index >= 15 is 0 Å². The number of hydrogen-bond donors (Lipinski definition) is 1. The molecule has 2 N–H and O–H groups in total. The number of amides is 2. The van der Waals surface area contributed by atoms with Crippen molar-refractivity contribution in [2.24, 2.45) is 12.8 Å². The summed E-state index contributed by atoms with van der Waals surface area (Å²) in [6.45, 7) is 0.140. The molecule has 3 aromatic rings. The number of fused-ring (bicyclic) bond motifs is 1. The lowest BCUT2D eigenvalue weighted by Crippen LogP contribution is -2.35. The van der Waals surface area contributed by atoms with Gasteiger partial charge in [-0.25, -0.2) is 9.37 Å². The molecule has 2 amide bonds. The number of carbonyl (C=O) groups is 2. The molecule has 0 spiro atoms. The largest absolute Gasteiger partial charge is 0.366 e. The molecule has 154 valence electrons. The summed E-state index contributed by atoms with van der Waals surface area (Å²) >= 11 is 6.11. The SMILES string of the molecule is Cn1cncc1C(=O)N(Cc1ccccc1C(N)=O)[C@@H]1CCc2c(F)cc(Cl)cc21. The molecule has 0 aliphatic heterocycles. The molecular formula is C22H20ClFN4O2. The fourth-order valence-electron chi connectivity index (χ4n) is 4.06. The van der Waals surface area contributed by atoms with E-state index in [-0.39, 0.29) is 23.3 Å². The van der Waals surface area contributed by atoms with Gasteiger partial charge < -0.3 is 15.2 Å². The molecule has 1 heterocycles. The Hall–Kier alpha value is -3.19. The zero-order valence-corrected chi connectivity index (χ0v) is 17.1. The van der Waals surface area contributed by atoms with Gasteiger partial charge in [-0.1, -0.05) is 29.8 Å². The highest BCUT2D eigenvalue weighted by atomic mass is 35.5. The first-order valence-electron chi connectivity index (χ1n) is 9.49. The van der Waals surface area contributed by atoms with E-state index in [1.807, 2.05) is 0 Å². The third kappa shape index (κ3) is 3.57. The Morgan fingerprint density at radius 3 is 2.80 bits per heavy atom. The summed E-state index contributed by atoms with van der Waals surface area (Å²) in [6.07, 6.45) is 4.08. The molecule has 1 aromatic heterocycles. The van der Waals surface area contributed by atoms with Gasteiger partial charge in [-0.05, 0) is 47.7 Å². The summed E-state index contributed by atoms with van der Waals surface area (Å²) in [5, 5.41) is 0.281. The van der Waals surface area contributed by atoms with Crippen LogP contribution in [0, 0.1) is 5.82 Å². The standard InChI is InChI=1S/C22H20ClFN4O2/c1-27-12-26-10-20(27)22(30)28(11-13-4-2-3-5-15(13)21(25)29)19-7-6-16-17(19)8-14(23)9-18(16)24/h2-5,8-10,12,19H,6-7,11H2,1H3,(H2,25,29)/t19-/m1/s1. The monoisotopic (exact) mass is 426 g/mol. The first-order valence-corrected chi connectivity index (χ1v) is 9.87. The van der Waals surface area contributed by atoms with Crippen LogP contribution >= 0.6 is 11.6 Å². The summed E-state index contributed by atoms with van der Waals surface area (Å²) < 4.78 is 16.1. The van der Waals surface area contributed by atoms with Gasteiger partial charge in [0.2, 0.25) is 5.91 Å². The lowest BCUT2D eigenvalue weighted by atomic mass is 10.0. The minimum absolute atomic E-state index is 0.140. The van der Waals surface area contributed by atoms with Crippen LogP contribution in [0.25, 0.3) is 0 Å². The van der Waals surface area contributed by atoms with E-state index in [1.54, 1.807) is 53.2 Å². The van der Waals surface area contributed by atoms with Crippen LogP contribution in [0.5, 0.6) is 0 Å². The van der Waals surface area contributed by atoms with Crippen LogP contribution < -0.4 is 5.73 Å². The number of imidazole rings is 1. The number of aromatic nitrogens is 2. The molecule has 0 bridgehead atoms. The first kappa shape index (κ1) is 20.1. The fourth-order valence-corrected chi connectivity index (χ4v) is 4.27. The van der Waals surface area contributed by atoms with Crippen molar-refractivity contribution in [1.82, 2.24) is 14.5 Å². The van der Waals surface area contributed by atoms with Crippen molar-refractivity contribution in [2.75, 3.05) is 0 Å². The molecule has 0 unspecified atom stereocenters. The zero-order valence-electron chi connectivity index (χ0n) is 16.3. The van der Waals surface area contributed by atoms with Gasteiger partial charge in [0, 0.05) is 24.2 Å². The van der Waals surface area contributed by atoms with Crippen LogP contribution in [0.4, 0.5) is 4.39 Å². The Morgan fingerprint density at radius 2 is 2.10 bits per heavy atom. The summed E-state index contributed by atoms with van der Waals surface area (Å²) in [5.74, 6) is -1.21. The topological polar surface area (TPSA) is 81.2 Å². The molecule has 8 heteroatoms. The second-order valence-corrected chi connectivity index (χ2v) is 7.79. The summed E-state index contributed by atoms with van der Waals surface area (Å²) in [5.41, 5.74) is 8.14. The van der Waals surface area contributed by atoms with Gasteiger partial charge in [-0.15, -0.1) is 0 Å². The van der Waals surface area contributed by atoms with Crippen LogP contribution in [0.1, 0.15) is 50.0 Å². The van der Waals surface area contributed by atoms with Crippen LogP contribution in [-0.2, 0) is 20.0 Å². The molecule has 0 saturated heterocycles. The Kier molecular flexibility index (Phi) is 5.30. The molecule has 4 rings (SSSR count). The summed E-state index contributed by atoms with van der Waals surface area (Å²) in [6, 6.07) is 9.50. The number of carbonyl (C=O) groups excluding carboxylic acids is 2. The Bertz CT molecular complexity index is 1140. The predicted molar refractivity (Wildman–Crippen MR) is 111 cm³/mol. The maximum absolute atomic E-state index is 14.5. The van der Waals surface area contributed by atoms with Crippen molar-refractivity contribution in [3.05, 3.63) is 87.7 Å². The van der Waals surface area contributed by atoms with Gasteiger partial charge in [-0.3, -0.25) is 9.59 Å². The van der Waals surface area contributed by atoms with E-state index in [2.05, 4.69) is 4.98 Å². The number of rotatable bonds is 5. The van der Waals surface area contributed by atoms with Crippen LogP contribution in [-0.4, -0.2) is 26.3 Å². The van der Waals surface area contributed by atoms with Crippen molar-refractivity contribution in [1.29, 1.82) is 0 Å². The number of primary amides is 1. The first-order chi connectivity index (χ1) is 14.4. The maximum Gasteiger partial charge on any atom is 0.272 e. The van der Waals surface area contributed by atoms with E-state index in [4.69, 9.17) is 17.3 Å². The van der Waals surface area contributed by atoms with E-state index in [0.717, 1.165) is 0 Å². The molecule has 0 radical (unpaired) electrons. The van der Waals surface area contributed by atoms with E-state index in [9.17, 15) is 14.0 Å². The Morgan fingerprint density at radius 1 is 1.33 bits per heavy atom. The molecule has 30 heavy (non-hydrogen) atoms. The highest BCUT2D eigenvalue weighted by Gasteiger charge is 2.35. The fraction of sp³-hybridized carbons (Fsp3) is 0.227. The molecule has 1 aliphatic carbocycles. The quantitative estimate of drug-likeness (QED) is 0.676. The lowest BCUT2D eigenvalue weighted by Gasteiger charge is -2.30. The summed E-state index contributed by atoms with van der Waals surface area (Å²) in [4.78, 5) is 31.1. The highest BCUT2D eigenvalue weighted by molar-refractivity contribution is 6.30. The van der Waals surface area contributed by atoms with Crippen LogP contribution in [0.2, 0.25) is 5.02 Å². The maximum atomic E-state index is 14.5. The average Bonchev–Trinajstić information content (AvgIpc) is 3.32. The second-order valence-electron chi connectivity index (χ2n) is 7.35. The van der Waals surface area contributed by atoms with E-state index in [1.165, 1.54) is 12.3 Å². The number of nitrogens with two attached hydrogens (primary N) is 1. The number of hydrogen-bond acceptors (Lipinski definition) is 3. The van der Waals surface area contributed by atoms with Gasteiger partial charge in [0.15, 0.2) is 0 Å². The summed E-state index contributed by atoms with van der Waals surface area (Å²) in [7, 11) is 1.73. The van der Waals surface area contributed by atoms with Crippen molar-refractivity contribution in [2.45, 2.75) is 25.4 Å². The molecule has 2 aromatic carbocycles. The number of aryl methyl sites for hydroxylation is 1. The molecule has 1 aliphatic rings. The van der Waals surface area contributed by atoms with Crippen LogP contribution in [0.15, 0.2) is 48.9 Å². The molecule has 0 saturated carbocycles. The van der Waals surface area contributed by atoms with Crippen LogP contribution in [0.3, 0.4) is 0 Å². The third-order valence-electron chi connectivity index (χ3n) is 5.52. The second kappa shape index (κ2) is 7.91. The number of nitrogens with zero attached hydrogens (tertiary/aromatic N) is 3. The van der Waals surface area contributed by atoms with Gasteiger partial charge in [0.05, 0.1) is 18.6 Å².